The summed E-state index contributed by atoms with van der Waals surface area (Å²) in [5, 5.41) is 16.8. The van der Waals surface area contributed by atoms with Gasteiger partial charge in [-0.05, 0) is 6.42 Å². The first-order valence-electron chi connectivity index (χ1n) is 11.8. The smallest absolute Gasteiger partial charge is 0.362 e. The fourth-order valence-electron chi connectivity index (χ4n) is 4.23. The minimum atomic E-state index is -5.30. The molecule has 5 nitrogen and oxygen atoms in total. The van der Waals surface area contributed by atoms with Gasteiger partial charge in [0.15, 0.2) is 11.8 Å². The maximum absolute atomic E-state index is 14.7. The summed E-state index contributed by atoms with van der Waals surface area (Å²) < 4.78 is 232. The van der Waals surface area contributed by atoms with Gasteiger partial charge in [0.1, 0.15) is 32.2 Å². The molecule has 42 heavy (non-hydrogen) atoms. The lowest BCUT2D eigenvalue weighted by molar-refractivity contribution is -0.420. The van der Waals surface area contributed by atoms with Gasteiger partial charge < -0.3 is 24.4 Å². The highest BCUT2D eigenvalue weighted by molar-refractivity contribution is 5.16. The second-order valence-corrected chi connectivity index (χ2v) is 10.2. The van der Waals surface area contributed by atoms with Crippen LogP contribution in [0.15, 0.2) is 0 Å². The van der Waals surface area contributed by atoms with Crippen molar-refractivity contribution in [1.29, 1.82) is 0 Å². The molecule has 250 valence electrons. The van der Waals surface area contributed by atoms with E-state index in [0.29, 0.717) is 0 Å². The zero-order chi connectivity index (χ0) is 32.8. The molecule has 4 unspecified atom stereocenters. The molecule has 4 atom stereocenters. The Labute approximate surface area is 226 Å². The van der Waals surface area contributed by atoms with Crippen LogP contribution in [-0.2, 0) is 14.2 Å². The van der Waals surface area contributed by atoms with Crippen LogP contribution in [0, 0.1) is 0 Å². The third-order valence-electron chi connectivity index (χ3n) is 6.41. The molecule has 0 heterocycles. The van der Waals surface area contributed by atoms with E-state index in [1.807, 2.05) is 0 Å². The Morgan fingerprint density at radius 2 is 1.21 bits per heavy atom. The second kappa shape index (κ2) is 11.6. The predicted octanol–water partition coefficient (Wildman–Crippen LogP) is 6.25. The number of rotatable bonds is 17. The lowest BCUT2D eigenvalue weighted by atomic mass is 9.69. The predicted molar refractivity (Wildman–Crippen MR) is 104 cm³/mol. The van der Waals surface area contributed by atoms with Gasteiger partial charge in [0.25, 0.3) is 23.7 Å². The Hall–Kier alpha value is -1.32. The molecule has 2 rings (SSSR count). The van der Waals surface area contributed by atoms with Crippen molar-refractivity contribution in [2.45, 2.75) is 111 Å². The van der Waals surface area contributed by atoms with Gasteiger partial charge in [-0.1, -0.05) is 0 Å². The van der Waals surface area contributed by atoms with E-state index in [4.69, 9.17) is 10.2 Å². The lowest BCUT2D eigenvalue weighted by Crippen LogP contribution is -2.73. The molecule has 21 heteroatoms. The van der Waals surface area contributed by atoms with Crippen LogP contribution in [0.5, 0.6) is 0 Å². The Kier molecular flexibility index (Phi) is 10.1. The van der Waals surface area contributed by atoms with Crippen LogP contribution in [0.2, 0.25) is 0 Å². The van der Waals surface area contributed by atoms with Gasteiger partial charge >= 0.3 is 24.0 Å². The fourth-order valence-corrected chi connectivity index (χ4v) is 4.23. The van der Waals surface area contributed by atoms with Crippen LogP contribution < -0.4 is 0 Å². The molecule has 2 fully saturated rings. The number of aliphatic hydroxyl groups is 2. The normalized spacial score (nSPS) is 30.1. The SMILES string of the molecule is OCCC(F)(F)CCC1(F)CC(F)(F)C1(F)OCC(F)(F)CC(F)(F)OC1CC(F)(F)C1OC(F)(F)CC(F)(F)CO. The summed E-state index contributed by atoms with van der Waals surface area (Å²) in [6.45, 7) is -6.09. The molecule has 2 aliphatic carbocycles. The molecule has 0 radical (unpaired) electrons. The highest BCUT2D eigenvalue weighted by atomic mass is 19.3. The third kappa shape index (κ3) is 8.44. The first-order valence-corrected chi connectivity index (χ1v) is 11.8. The monoisotopic (exact) mass is 660 g/mol. The van der Waals surface area contributed by atoms with E-state index in [0.717, 1.165) is 0 Å². The van der Waals surface area contributed by atoms with Crippen LogP contribution >= 0.6 is 0 Å². The van der Waals surface area contributed by atoms with Crippen LogP contribution in [0.4, 0.5) is 70.2 Å². The first-order chi connectivity index (χ1) is 18.6. The lowest BCUT2D eigenvalue weighted by Gasteiger charge is -2.53. The summed E-state index contributed by atoms with van der Waals surface area (Å²) in [6, 6.07) is 0. The number of alkyl halides is 16. The molecule has 0 aromatic heterocycles. The van der Waals surface area contributed by atoms with Crippen molar-refractivity contribution in [2.75, 3.05) is 19.8 Å². The molecule has 0 aromatic rings. The van der Waals surface area contributed by atoms with Crippen molar-refractivity contribution in [1.82, 2.24) is 0 Å². The number of hydrogen-bond acceptors (Lipinski definition) is 5. The van der Waals surface area contributed by atoms with Crippen LogP contribution in [0.25, 0.3) is 0 Å². The molecule has 2 saturated carbocycles. The maximum Gasteiger partial charge on any atom is 0.362 e. The zero-order valence-electron chi connectivity index (χ0n) is 20.9. The summed E-state index contributed by atoms with van der Waals surface area (Å²) >= 11 is 0. The average molecular weight is 660 g/mol. The van der Waals surface area contributed by atoms with Crippen LogP contribution in [0.1, 0.15) is 44.9 Å². The summed E-state index contributed by atoms with van der Waals surface area (Å²) in [7, 11) is 0. The number of aliphatic hydroxyl groups excluding tert-OH is 2. The van der Waals surface area contributed by atoms with Crippen molar-refractivity contribution in [3.05, 3.63) is 0 Å². The average Bonchev–Trinajstić information content (AvgIpc) is 2.77. The number of ether oxygens (including phenoxy) is 3. The van der Waals surface area contributed by atoms with Gasteiger partial charge in [-0.3, -0.25) is 0 Å². The van der Waals surface area contributed by atoms with E-state index in [-0.39, 0.29) is 0 Å². The van der Waals surface area contributed by atoms with Crippen molar-refractivity contribution < 1.29 is 94.7 Å². The van der Waals surface area contributed by atoms with E-state index in [1.54, 1.807) is 0 Å². The van der Waals surface area contributed by atoms with Crippen molar-refractivity contribution in [3.63, 3.8) is 0 Å². The Bertz CT molecular complexity index is 934. The quantitative estimate of drug-likeness (QED) is 0.181. The maximum atomic E-state index is 14.7. The molecule has 0 saturated heterocycles. The molecule has 0 amide bonds. The van der Waals surface area contributed by atoms with Crippen molar-refractivity contribution in [3.8, 4) is 0 Å². The first kappa shape index (κ1) is 36.9. The topological polar surface area (TPSA) is 68.2 Å². The highest BCUT2D eigenvalue weighted by Gasteiger charge is 2.81. The van der Waals surface area contributed by atoms with Gasteiger partial charge in [-0.15, -0.1) is 0 Å². The number of hydrogen-bond donors (Lipinski definition) is 2. The molecule has 0 aliphatic heterocycles. The van der Waals surface area contributed by atoms with Gasteiger partial charge in [0.05, 0.1) is 6.42 Å². The fraction of sp³-hybridized carbons (Fsp3) is 1.00. The second-order valence-electron chi connectivity index (χ2n) is 10.2. The summed E-state index contributed by atoms with van der Waals surface area (Å²) in [4.78, 5) is 0. The Balaban J connectivity index is 2.06. The number of halogens is 16. The standard InChI is InChI=1S/C21H24F16O5/c22-13(1-2-14(23,24)3-4-38)6-18(31,32)21(13,37)40-10-16(27,28)8-19(33,34)41-11-5-17(29,30)12(11)42-20(35,36)7-15(25,26)9-39/h11-12,38-39H,1-10H2. The molecule has 0 spiro atoms. The molecule has 2 N–H and O–H groups in total. The highest BCUT2D eigenvalue weighted by Crippen LogP contribution is 2.62. The molecule has 0 bridgehead atoms. The third-order valence-corrected chi connectivity index (χ3v) is 6.41. The van der Waals surface area contributed by atoms with E-state index in [9.17, 15) is 70.2 Å². The summed E-state index contributed by atoms with van der Waals surface area (Å²) in [5.74, 6) is -27.9. The minimum absolute atomic E-state index is 1.14. The largest absolute Gasteiger partial charge is 0.396 e. The molecular formula is C21H24F16O5. The molecular weight excluding hydrogens is 636 g/mol. The van der Waals surface area contributed by atoms with Crippen molar-refractivity contribution in [2.24, 2.45) is 0 Å². The molecule has 0 aromatic carbocycles. The molecule has 2 aliphatic rings. The van der Waals surface area contributed by atoms with Crippen LogP contribution in [-0.4, -0.2) is 95.6 Å². The van der Waals surface area contributed by atoms with E-state index in [2.05, 4.69) is 14.2 Å². The van der Waals surface area contributed by atoms with E-state index < -0.39 is 130 Å². The van der Waals surface area contributed by atoms with Crippen molar-refractivity contribution >= 4 is 0 Å². The van der Waals surface area contributed by atoms with Gasteiger partial charge in [0, 0.05) is 25.9 Å². The van der Waals surface area contributed by atoms with Gasteiger partial charge in [0.2, 0.25) is 0 Å². The Morgan fingerprint density at radius 3 is 1.69 bits per heavy atom. The van der Waals surface area contributed by atoms with Gasteiger partial charge in [-0.25, -0.2) is 43.9 Å². The summed E-state index contributed by atoms with van der Waals surface area (Å²) in [5.41, 5.74) is -4.01. The summed E-state index contributed by atoms with van der Waals surface area (Å²) in [6.07, 6.45) is -31.0. The van der Waals surface area contributed by atoms with E-state index >= 15 is 0 Å². The Morgan fingerprint density at radius 1 is 0.690 bits per heavy atom. The van der Waals surface area contributed by atoms with Gasteiger partial charge in [-0.2, -0.15) is 26.3 Å². The minimum Gasteiger partial charge on any atom is -0.396 e. The zero-order valence-corrected chi connectivity index (χ0v) is 20.9. The van der Waals surface area contributed by atoms with E-state index in [1.165, 1.54) is 0 Å². The van der Waals surface area contributed by atoms with Crippen LogP contribution in [0.3, 0.4) is 0 Å².